The van der Waals surface area contributed by atoms with Crippen molar-refractivity contribution in [2.24, 2.45) is 28.8 Å². The summed E-state index contributed by atoms with van der Waals surface area (Å²) in [5, 5.41) is 21.8. The van der Waals surface area contributed by atoms with Gasteiger partial charge in [0.05, 0.1) is 128 Å². The second-order valence-corrected chi connectivity index (χ2v) is 36.8. The Morgan fingerprint density at radius 1 is 0.760 bits per heavy atom. The number of likely N-dealkylation sites (N-methyl/N-ethyl adjacent to an activating group) is 2. The Morgan fingerprint density at radius 2 is 1.32 bits per heavy atom. The van der Waals surface area contributed by atoms with Crippen LogP contribution in [-0.2, 0) is 72.6 Å². The smallest absolute Gasteiger partial charge is 0.245 e. The van der Waals surface area contributed by atoms with Crippen LogP contribution in [0.2, 0.25) is 32.2 Å². The molecule has 28 heteroatoms. The van der Waals surface area contributed by atoms with Crippen molar-refractivity contribution in [1.29, 1.82) is 0 Å². The van der Waals surface area contributed by atoms with Gasteiger partial charge in [0.25, 0.3) is 0 Å². The normalized spacial score (nSPS) is 16.3. The number of thioether (sulfide) groups is 1. The molecular weight excluding hydrogens is 1290 g/mol. The van der Waals surface area contributed by atoms with Gasteiger partial charge in [-0.1, -0.05) is 128 Å². The second kappa shape index (κ2) is 48.2. The van der Waals surface area contributed by atoms with E-state index in [9.17, 15) is 29.1 Å². The Balaban J connectivity index is 0.000000675. The molecule has 0 radical (unpaired) electrons. The zero-order chi connectivity index (χ0) is 71.8. The first-order valence-electron chi connectivity index (χ1n) is 34.4. The van der Waals surface area contributed by atoms with Crippen molar-refractivity contribution in [3.63, 3.8) is 0 Å². The fourth-order valence-corrected chi connectivity index (χ4v) is 22.0. The molecule has 1 aromatic carbocycles. The summed E-state index contributed by atoms with van der Waals surface area (Å²) in [6.45, 7) is 34.6. The maximum Gasteiger partial charge on any atom is 0.245 e. The minimum absolute atomic E-state index is 0.00548. The van der Waals surface area contributed by atoms with Crippen LogP contribution in [0.5, 0.6) is 0 Å². The van der Waals surface area contributed by atoms with E-state index in [-0.39, 0.29) is 53.8 Å². The molecule has 0 spiro atoms. The van der Waals surface area contributed by atoms with Crippen LogP contribution in [0.1, 0.15) is 131 Å². The third-order valence-corrected chi connectivity index (χ3v) is 26.8. The van der Waals surface area contributed by atoms with E-state index in [4.69, 9.17) is 47.5 Å². The number of likely N-dealkylation sites (tertiary alicyclic amines) is 1. The first-order chi connectivity index (χ1) is 45.6. The van der Waals surface area contributed by atoms with E-state index in [0.717, 1.165) is 22.5 Å². The molecule has 0 unspecified atom stereocenters. The minimum atomic E-state index is -1.78. The second-order valence-electron chi connectivity index (χ2n) is 26.6. The van der Waals surface area contributed by atoms with Crippen molar-refractivity contribution in [2.75, 3.05) is 119 Å². The predicted octanol–water partition coefficient (Wildman–Crippen LogP) is 9.42. The number of nitrogens with one attached hydrogen (secondary N) is 2. The Morgan fingerprint density at radius 3 is 1.82 bits per heavy atom. The number of rotatable bonds is 49. The minimum Gasteiger partial charge on any atom is -0.455 e. The van der Waals surface area contributed by atoms with Gasteiger partial charge in [-0.3, -0.25) is 24.0 Å². The summed E-state index contributed by atoms with van der Waals surface area (Å²) in [4.78, 5) is 84.1. The molecule has 1 aromatic heterocycles. The van der Waals surface area contributed by atoms with Gasteiger partial charge in [-0.25, -0.2) is 9.97 Å². The van der Waals surface area contributed by atoms with Gasteiger partial charge in [-0.05, 0) is 80.8 Å². The number of aliphatic hydroxyl groups is 1. The topological polar surface area (TPSA) is 297 Å². The highest BCUT2D eigenvalue weighted by Gasteiger charge is 2.44. The Labute approximate surface area is 580 Å². The fourth-order valence-electron chi connectivity index (χ4n) is 11.6. The Kier molecular flexibility index (Phi) is 43.9. The first-order valence-corrected chi connectivity index (χ1v) is 41.6. The molecule has 10 atom stereocenters. The maximum atomic E-state index is 14.3. The number of azide groups is 1. The number of hydrogen-bond donors (Lipinski definition) is 3. The number of ether oxygens (including phenoxy) is 8. The van der Waals surface area contributed by atoms with Gasteiger partial charge in [0, 0.05) is 76.6 Å². The molecule has 3 N–H and O–H groups in total. The highest BCUT2D eigenvalue weighted by atomic mass is 32.2. The number of amides is 5. The molecular formula is C68H122N10O15SSi2. The van der Waals surface area contributed by atoms with E-state index in [2.05, 4.69) is 63.7 Å². The highest BCUT2D eigenvalue weighted by molar-refractivity contribution is 8.00. The molecule has 0 aliphatic carbocycles. The number of carbonyl (C=O) groups excluding carboxylic acids is 5. The maximum absolute atomic E-state index is 14.3. The van der Waals surface area contributed by atoms with Gasteiger partial charge in [0.2, 0.25) is 29.5 Å². The van der Waals surface area contributed by atoms with Crippen LogP contribution in [0.25, 0.3) is 10.4 Å². The molecule has 1 saturated heterocycles. The molecule has 25 nitrogen and oxygen atoms in total. The number of carbonyl (C=O) groups is 5. The third kappa shape index (κ3) is 33.0. The number of aliphatic hydroxyl groups excluding tert-OH is 1. The number of methoxy groups -OCH3 is 2. The Hall–Kier alpha value is -4.66. The molecule has 1 aliphatic heterocycles. The van der Waals surface area contributed by atoms with Gasteiger partial charge in [-0.2, -0.15) is 0 Å². The molecule has 548 valence electrons. The third-order valence-electron chi connectivity index (χ3n) is 17.0. The highest BCUT2D eigenvalue weighted by Crippen LogP contribution is 2.31. The SMILES string of the molecule is CCCCC[Si](C)(C)O[Si](C)(C)CSc1ncc(COCCOCCOCCOCCOCCOCCN=[N+]=[N-])cn1.CC[C@@H](C)[C@H]([C@H](CC(=O)N1CCC[C@@H]1[C@@H](OC)[C@H](C)C(=O)N[C@@H](C)[C@H](O)c1ccccc1)OC)N(C)C(=O)[C@H](NC(=O)[C@@H](C(C)C)N(C)C(C)=O)C(C)C. The van der Waals surface area contributed by atoms with E-state index < -0.39 is 70.9 Å². The van der Waals surface area contributed by atoms with Crippen LogP contribution in [0.3, 0.4) is 0 Å². The summed E-state index contributed by atoms with van der Waals surface area (Å²) >= 11 is 1.69. The van der Waals surface area contributed by atoms with E-state index in [1.807, 2.05) is 84.3 Å². The van der Waals surface area contributed by atoms with Gasteiger partial charge < -0.3 is 72.4 Å². The van der Waals surface area contributed by atoms with Crippen molar-refractivity contribution in [3.05, 3.63) is 64.3 Å². The quantitative estimate of drug-likeness (QED) is 0.0106. The van der Waals surface area contributed by atoms with Crippen LogP contribution in [0, 0.1) is 23.7 Å². The van der Waals surface area contributed by atoms with Gasteiger partial charge in [0.1, 0.15) is 12.1 Å². The van der Waals surface area contributed by atoms with Gasteiger partial charge in [0.15, 0.2) is 21.8 Å². The average molecular weight is 1410 g/mol. The molecule has 3 rings (SSSR count). The summed E-state index contributed by atoms with van der Waals surface area (Å²) in [5.41, 5.74) is 9.79. The van der Waals surface area contributed by atoms with E-state index >= 15 is 0 Å². The van der Waals surface area contributed by atoms with Crippen molar-refractivity contribution < 1.29 is 71.1 Å². The van der Waals surface area contributed by atoms with Crippen molar-refractivity contribution in [2.45, 2.75) is 207 Å². The van der Waals surface area contributed by atoms with Gasteiger partial charge in [-0.15, -0.1) is 0 Å². The van der Waals surface area contributed by atoms with Crippen molar-refractivity contribution in [1.82, 2.24) is 35.3 Å². The van der Waals surface area contributed by atoms with Gasteiger partial charge >= 0.3 is 0 Å². The largest absolute Gasteiger partial charge is 0.455 e. The molecule has 1 fully saturated rings. The van der Waals surface area contributed by atoms with Crippen LogP contribution in [0.15, 0.2) is 53.0 Å². The van der Waals surface area contributed by atoms with E-state index in [1.54, 1.807) is 56.6 Å². The number of unbranched alkanes of at least 4 members (excludes halogenated alkanes) is 2. The van der Waals surface area contributed by atoms with E-state index in [1.165, 1.54) is 44.2 Å². The van der Waals surface area contributed by atoms with E-state index in [0.29, 0.717) is 111 Å². The summed E-state index contributed by atoms with van der Waals surface area (Å²) in [5.74, 6) is -2.54. The summed E-state index contributed by atoms with van der Waals surface area (Å²) in [6, 6.07) is 7.34. The van der Waals surface area contributed by atoms with Crippen LogP contribution >= 0.6 is 11.8 Å². The Bertz CT molecular complexity index is 2550. The van der Waals surface area contributed by atoms with Crippen molar-refractivity contribution in [3.8, 4) is 0 Å². The molecule has 2 aromatic rings. The number of aromatic nitrogens is 2. The first kappa shape index (κ1) is 87.4. The molecule has 5 amide bonds. The standard InChI is InChI=1S/C41H69N5O8.C27H53N5O7SSi2/c1-14-26(6)36(45(11)41(52)34(24(2)3)43-40(51)35(25(4)5)44(10)29(9)47)32(53-12)23-33(48)46-22-18-21-31(46)38(54-13)27(7)39(50)42-28(8)37(49)30-19-16-15-17-20-30;1-6-7-8-21-41(2,3)39-42(4,5)25-40-27-29-22-26(23-30-27)24-38-20-19-37-18-17-36-16-15-35-14-13-34-12-11-33-10-9-31-32-28/h15-17,19-20,24-28,31-32,34-38,49H,14,18,21-23H2,1-13H3,(H,42,50)(H,43,51);22-23H,6-21,24-25H2,1-5H3/t26-,27+,28+,31-,32+,34-,35-,36-,37+,38+;/m1./s1. The lowest BCUT2D eigenvalue weighted by Crippen LogP contribution is -2.60. The summed E-state index contributed by atoms with van der Waals surface area (Å²) in [6.07, 6.45) is 7.43. The lowest BCUT2D eigenvalue weighted by molar-refractivity contribution is -0.148. The number of nitrogens with zero attached hydrogens (tertiary/aromatic N) is 8. The average Bonchev–Trinajstić information content (AvgIpc) is 1.64. The zero-order valence-corrected chi connectivity index (χ0v) is 64.2. The zero-order valence-electron chi connectivity index (χ0n) is 61.4. The number of hydrogen-bond acceptors (Lipinski definition) is 19. The van der Waals surface area contributed by atoms with Crippen molar-refractivity contribution >= 4 is 57.9 Å². The van der Waals surface area contributed by atoms with Crippen LogP contribution in [0.4, 0.5) is 0 Å². The molecule has 0 saturated carbocycles. The molecule has 1 aliphatic rings. The van der Waals surface area contributed by atoms with Crippen LogP contribution < -0.4 is 10.6 Å². The summed E-state index contributed by atoms with van der Waals surface area (Å²) in [7, 11) is 2.95. The molecule has 96 heavy (non-hydrogen) atoms. The lowest BCUT2D eigenvalue weighted by atomic mass is 9.89. The fraction of sp³-hybridized carbons (Fsp3) is 0.779. The lowest BCUT2D eigenvalue weighted by Gasteiger charge is -2.41. The number of benzene rings is 1. The molecule has 0 bridgehead atoms. The predicted molar refractivity (Wildman–Crippen MR) is 380 cm³/mol. The van der Waals surface area contributed by atoms with Crippen LogP contribution in [-0.4, -0.2) is 238 Å². The molecule has 2 heterocycles. The summed E-state index contributed by atoms with van der Waals surface area (Å²) < 4.78 is 51.4. The monoisotopic (exact) mass is 1410 g/mol.